The Balaban J connectivity index is 2.03. The number of aryl methyl sites for hydroxylation is 1. The molecule has 1 aliphatic rings. The normalized spacial score (nSPS) is 26.4. The zero-order chi connectivity index (χ0) is 13.9. The summed E-state index contributed by atoms with van der Waals surface area (Å²) < 4.78 is 10.8. The van der Waals surface area contributed by atoms with E-state index in [1.807, 2.05) is 20.8 Å². The first kappa shape index (κ1) is 14.0. The van der Waals surface area contributed by atoms with Crippen LogP contribution < -0.4 is 10.1 Å². The molecular weight excluding hydrogens is 246 g/mol. The minimum Gasteiger partial charge on any atom is -0.478 e. The van der Waals surface area contributed by atoms with E-state index in [4.69, 9.17) is 9.47 Å². The van der Waals surface area contributed by atoms with Crippen molar-refractivity contribution in [3.63, 3.8) is 0 Å². The molecule has 106 valence electrons. The Morgan fingerprint density at radius 1 is 1.58 bits per heavy atom. The number of nitrogens with zero attached hydrogens (tertiary/aromatic N) is 2. The lowest BCUT2D eigenvalue weighted by molar-refractivity contribution is -0.0176. The van der Waals surface area contributed by atoms with Crippen molar-refractivity contribution in [2.75, 3.05) is 25.1 Å². The maximum Gasteiger partial charge on any atom is 0.218 e. The molecule has 0 radical (unpaired) electrons. The van der Waals surface area contributed by atoms with Gasteiger partial charge in [0.2, 0.25) is 5.88 Å². The van der Waals surface area contributed by atoms with Gasteiger partial charge in [0.25, 0.3) is 0 Å². The molecule has 2 atom stereocenters. The Morgan fingerprint density at radius 3 is 3.00 bits per heavy atom. The summed E-state index contributed by atoms with van der Waals surface area (Å²) in [6, 6.07) is 1.74. The molecule has 2 N–H and O–H groups in total. The Bertz CT molecular complexity index is 441. The van der Waals surface area contributed by atoms with Gasteiger partial charge in [-0.1, -0.05) is 0 Å². The summed E-state index contributed by atoms with van der Waals surface area (Å²) in [6.07, 6.45) is 0.457. The van der Waals surface area contributed by atoms with Crippen LogP contribution in [-0.4, -0.2) is 46.5 Å². The first-order valence-electron chi connectivity index (χ1n) is 6.60. The van der Waals surface area contributed by atoms with Crippen molar-refractivity contribution < 1.29 is 14.6 Å². The fraction of sp³-hybridized carbons (Fsp3) is 0.692. The lowest BCUT2D eigenvalue weighted by Gasteiger charge is -2.26. The van der Waals surface area contributed by atoms with Gasteiger partial charge in [-0.15, -0.1) is 0 Å². The van der Waals surface area contributed by atoms with E-state index >= 15 is 0 Å². The number of hydrogen-bond donors (Lipinski definition) is 2. The van der Waals surface area contributed by atoms with Crippen LogP contribution in [0.1, 0.15) is 26.1 Å². The molecule has 1 aromatic heterocycles. The van der Waals surface area contributed by atoms with Gasteiger partial charge < -0.3 is 19.9 Å². The average Bonchev–Trinajstić information content (AvgIpc) is 2.68. The Labute approximate surface area is 113 Å². The molecule has 0 aromatic carbocycles. The summed E-state index contributed by atoms with van der Waals surface area (Å²) in [5.41, 5.74) is -0.843. The van der Waals surface area contributed by atoms with E-state index in [1.165, 1.54) is 0 Å². The van der Waals surface area contributed by atoms with Gasteiger partial charge in [0, 0.05) is 25.6 Å². The molecule has 1 fully saturated rings. The van der Waals surface area contributed by atoms with Crippen LogP contribution in [-0.2, 0) is 4.74 Å². The van der Waals surface area contributed by atoms with Crippen molar-refractivity contribution in [1.82, 2.24) is 9.97 Å². The lowest BCUT2D eigenvalue weighted by atomic mass is 9.97. The van der Waals surface area contributed by atoms with Crippen LogP contribution in [0.15, 0.2) is 6.07 Å². The van der Waals surface area contributed by atoms with Gasteiger partial charge in [-0.2, -0.15) is 4.98 Å². The highest BCUT2D eigenvalue weighted by molar-refractivity contribution is 5.39. The van der Waals surface area contributed by atoms with Crippen LogP contribution in [0.3, 0.4) is 0 Å². The molecule has 1 saturated heterocycles. The zero-order valence-electron chi connectivity index (χ0n) is 11.6. The van der Waals surface area contributed by atoms with Gasteiger partial charge in [-0.25, -0.2) is 4.98 Å². The van der Waals surface area contributed by atoms with Crippen molar-refractivity contribution in [2.24, 2.45) is 0 Å². The van der Waals surface area contributed by atoms with Gasteiger partial charge >= 0.3 is 0 Å². The van der Waals surface area contributed by atoms with Crippen LogP contribution in [0.4, 0.5) is 5.82 Å². The van der Waals surface area contributed by atoms with Gasteiger partial charge in [-0.3, -0.25) is 0 Å². The third-order valence-electron chi connectivity index (χ3n) is 3.34. The fourth-order valence-corrected chi connectivity index (χ4v) is 2.10. The van der Waals surface area contributed by atoms with E-state index in [2.05, 4.69) is 15.3 Å². The number of ether oxygens (including phenoxy) is 2. The third kappa shape index (κ3) is 3.33. The fourth-order valence-electron chi connectivity index (χ4n) is 2.10. The summed E-state index contributed by atoms with van der Waals surface area (Å²) >= 11 is 0. The minimum absolute atomic E-state index is 0.172. The van der Waals surface area contributed by atoms with Crippen molar-refractivity contribution in [3.8, 4) is 5.88 Å². The average molecular weight is 267 g/mol. The van der Waals surface area contributed by atoms with Crippen LogP contribution >= 0.6 is 0 Å². The second-order valence-corrected chi connectivity index (χ2v) is 4.79. The van der Waals surface area contributed by atoms with Crippen molar-refractivity contribution in [3.05, 3.63) is 11.9 Å². The second-order valence-electron chi connectivity index (χ2n) is 4.79. The zero-order valence-corrected chi connectivity index (χ0v) is 11.6. The molecule has 6 heteroatoms. The molecule has 1 aromatic rings. The van der Waals surface area contributed by atoms with E-state index in [0.717, 1.165) is 0 Å². The van der Waals surface area contributed by atoms with Crippen molar-refractivity contribution in [2.45, 2.75) is 38.9 Å². The van der Waals surface area contributed by atoms with E-state index in [-0.39, 0.29) is 6.10 Å². The standard InChI is InChI=1S/C13H21N3O3/c1-4-18-12-7-11(15-10(3)16-12)14-8-13(17)5-6-19-9(13)2/h7,9,17H,4-6,8H2,1-3H3,(H,14,15,16). The maximum atomic E-state index is 10.4. The van der Waals surface area contributed by atoms with E-state index in [0.29, 0.717) is 43.7 Å². The Kier molecular flexibility index (Phi) is 4.21. The number of anilines is 1. The Hall–Kier alpha value is -1.40. The van der Waals surface area contributed by atoms with Gasteiger partial charge in [0.15, 0.2) is 0 Å². The number of rotatable bonds is 5. The largest absolute Gasteiger partial charge is 0.478 e. The van der Waals surface area contributed by atoms with Gasteiger partial charge in [0.1, 0.15) is 17.2 Å². The van der Waals surface area contributed by atoms with Gasteiger partial charge in [0.05, 0.1) is 12.7 Å². The predicted molar refractivity (Wildman–Crippen MR) is 71.4 cm³/mol. The molecule has 0 amide bonds. The predicted octanol–water partition coefficient (Wildman–Crippen LogP) is 1.14. The highest BCUT2D eigenvalue weighted by Gasteiger charge is 2.39. The highest BCUT2D eigenvalue weighted by atomic mass is 16.5. The third-order valence-corrected chi connectivity index (χ3v) is 3.34. The first-order valence-corrected chi connectivity index (χ1v) is 6.60. The number of hydrogen-bond acceptors (Lipinski definition) is 6. The first-order chi connectivity index (χ1) is 9.03. The molecule has 19 heavy (non-hydrogen) atoms. The van der Waals surface area contributed by atoms with Crippen LogP contribution in [0.2, 0.25) is 0 Å². The molecule has 0 bridgehead atoms. The summed E-state index contributed by atoms with van der Waals surface area (Å²) in [6.45, 7) is 7.15. The van der Waals surface area contributed by atoms with Crippen molar-refractivity contribution >= 4 is 5.82 Å². The van der Waals surface area contributed by atoms with E-state index < -0.39 is 5.60 Å². The smallest absolute Gasteiger partial charge is 0.218 e. The summed E-state index contributed by atoms with van der Waals surface area (Å²) in [5, 5.41) is 13.5. The number of aromatic nitrogens is 2. The SMILES string of the molecule is CCOc1cc(NCC2(O)CCOC2C)nc(C)n1. The number of aliphatic hydroxyl groups is 1. The van der Waals surface area contributed by atoms with Crippen LogP contribution in [0.25, 0.3) is 0 Å². The minimum atomic E-state index is -0.843. The monoisotopic (exact) mass is 267 g/mol. The molecule has 1 aliphatic heterocycles. The van der Waals surface area contributed by atoms with Crippen LogP contribution in [0, 0.1) is 6.92 Å². The molecule has 0 aliphatic carbocycles. The summed E-state index contributed by atoms with van der Waals surface area (Å²) in [7, 11) is 0. The van der Waals surface area contributed by atoms with Gasteiger partial charge in [-0.05, 0) is 20.8 Å². The summed E-state index contributed by atoms with van der Waals surface area (Å²) in [4.78, 5) is 8.45. The van der Waals surface area contributed by atoms with Crippen LogP contribution in [0.5, 0.6) is 5.88 Å². The topological polar surface area (TPSA) is 76.5 Å². The maximum absolute atomic E-state index is 10.4. The number of nitrogens with one attached hydrogen (secondary N) is 1. The highest BCUT2D eigenvalue weighted by Crippen LogP contribution is 2.26. The molecule has 2 heterocycles. The molecule has 6 nitrogen and oxygen atoms in total. The molecule has 2 unspecified atom stereocenters. The van der Waals surface area contributed by atoms with Crippen molar-refractivity contribution in [1.29, 1.82) is 0 Å². The Morgan fingerprint density at radius 2 is 2.37 bits per heavy atom. The molecule has 2 rings (SSSR count). The lowest BCUT2D eigenvalue weighted by Crippen LogP contribution is -2.43. The quantitative estimate of drug-likeness (QED) is 0.833. The molecule has 0 saturated carbocycles. The molecule has 0 spiro atoms. The van der Waals surface area contributed by atoms with E-state index in [9.17, 15) is 5.11 Å². The second kappa shape index (κ2) is 5.71. The van der Waals surface area contributed by atoms with E-state index in [1.54, 1.807) is 6.07 Å². The molecular formula is C13H21N3O3. The summed E-state index contributed by atoms with van der Waals surface area (Å²) in [5.74, 6) is 1.83.